The zero-order valence-electron chi connectivity index (χ0n) is 18.6. The molecule has 3 aliphatic carbocycles. The number of carbonyl (C=O) groups excluding carboxylic acids is 4. The number of nitrogens with two attached hydrogens (primary N) is 1. The fourth-order valence-electron chi connectivity index (χ4n) is 5.17. The van der Waals surface area contributed by atoms with Gasteiger partial charge in [0.2, 0.25) is 11.7 Å². The predicted octanol–water partition coefficient (Wildman–Crippen LogP) is 0.111. The van der Waals surface area contributed by atoms with E-state index in [9.17, 15) is 39.6 Å². The molecule has 0 bridgehead atoms. The highest BCUT2D eigenvalue weighted by Gasteiger charge is 2.60. The van der Waals surface area contributed by atoms with Gasteiger partial charge in [-0.2, -0.15) is 0 Å². The van der Waals surface area contributed by atoms with Crippen molar-refractivity contribution in [3.8, 4) is 5.75 Å². The van der Waals surface area contributed by atoms with Gasteiger partial charge in [0.05, 0.1) is 17.8 Å². The van der Waals surface area contributed by atoms with E-state index in [1.807, 2.05) is 0 Å². The molecule has 0 saturated heterocycles. The molecule has 1 aromatic carbocycles. The second-order valence-electron chi connectivity index (χ2n) is 8.84. The summed E-state index contributed by atoms with van der Waals surface area (Å²) in [5.41, 5.74) is 0.259. The number of halogens is 1. The molecular weight excluding hydrogens is 465 g/mol. The number of likely N-dealkylation sites (N-methyl/N-ethyl adjacent to an activating group) is 1. The van der Waals surface area contributed by atoms with Crippen molar-refractivity contribution in [3.63, 3.8) is 0 Å². The third-order valence-electron chi connectivity index (χ3n) is 6.82. The van der Waals surface area contributed by atoms with Crippen molar-refractivity contribution in [1.29, 1.82) is 0 Å². The Kier molecular flexibility index (Phi) is 5.89. The number of rotatable bonds is 5. The van der Waals surface area contributed by atoms with E-state index >= 15 is 4.39 Å². The average molecular weight is 489 g/mol. The molecule has 1 fully saturated rings. The fourth-order valence-corrected chi connectivity index (χ4v) is 5.17. The van der Waals surface area contributed by atoms with Gasteiger partial charge in [0.1, 0.15) is 22.9 Å². The number of nitrogens with one attached hydrogen (secondary N) is 2. The van der Waals surface area contributed by atoms with E-state index in [1.165, 1.54) is 0 Å². The van der Waals surface area contributed by atoms with Crippen LogP contribution in [-0.4, -0.2) is 62.5 Å². The van der Waals surface area contributed by atoms with Gasteiger partial charge < -0.3 is 36.8 Å². The summed E-state index contributed by atoms with van der Waals surface area (Å²) >= 11 is 0. The van der Waals surface area contributed by atoms with Gasteiger partial charge in [0.15, 0.2) is 17.1 Å². The highest BCUT2D eigenvalue weighted by molar-refractivity contribution is 6.22. The van der Waals surface area contributed by atoms with Crippen molar-refractivity contribution in [2.75, 3.05) is 18.4 Å². The number of carbonyl (C=O) groups is 4. The number of phenolic OH excluding ortho intramolecular Hbond substituents is 1. The maximum Gasteiger partial charge on any atom is 0.255 e. The van der Waals surface area contributed by atoms with Gasteiger partial charge in [0, 0.05) is 29.5 Å². The van der Waals surface area contributed by atoms with E-state index in [-0.39, 0.29) is 30.6 Å². The van der Waals surface area contributed by atoms with Crippen molar-refractivity contribution >= 4 is 34.8 Å². The van der Waals surface area contributed by atoms with Crippen LogP contribution in [0.3, 0.4) is 0 Å². The van der Waals surface area contributed by atoms with Gasteiger partial charge in [-0.3, -0.25) is 19.2 Å². The predicted molar refractivity (Wildman–Crippen MR) is 119 cm³/mol. The van der Waals surface area contributed by atoms with Crippen molar-refractivity contribution in [3.05, 3.63) is 39.9 Å². The molecule has 0 aromatic heterocycles. The Labute approximate surface area is 198 Å². The monoisotopic (exact) mass is 489 g/mol. The standard InChI is InChI=1S/C23H24FN3O8/c1-2-26-7-14(29)27-12-6-11(24)10-4-8-3-9-5-13(28)17(22(25)34)21(33)23(9,35)20(32)15(8)19(31)16(10)18(12)30/h6,8-9,26,30-31,33,35H,2-5,7H2,1H3,(H2,25,34)(H,27,29)/t8?,9-,23-/m0/s1. The van der Waals surface area contributed by atoms with Gasteiger partial charge in [-0.1, -0.05) is 6.92 Å². The van der Waals surface area contributed by atoms with Crippen LogP contribution in [-0.2, 0) is 25.6 Å². The van der Waals surface area contributed by atoms with Gasteiger partial charge >= 0.3 is 0 Å². The summed E-state index contributed by atoms with van der Waals surface area (Å²) in [6.07, 6.45) is -0.740. The normalized spacial score (nSPS) is 25.7. The van der Waals surface area contributed by atoms with E-state index in [0.717, 1.165) is 6.07 Å². The van der Waals surface area contributed by atoms with Crippen LogP contribution < -0.4 is 16.4 Å². The molecule has 0 aliphatic heterocycles. The molecule has 8 N–H and O–H groups in total. The molecule has 0 heterocycles. The Bertz CT molecular complexity index is 1250. The Morgan fingerprint density at radius 3 is 2.54 bits per heavy atom. The number of Topliss-reactive ketones (excluding diaryl/α,β-unsaturated/α-hetero) is 2. The van der Waals surface area contributed by atoms with Crippen LogP contribution >= 0.6 is 0 Å². The van der Waals surface area contributed by atoms with E-state index in [4.69, 9.17) is 5.73 Å². The van der Waals surface area contributed by atoms with Crippen molar-refractivity contribution < 1.29 is 44.0 Å². The van der Waals surface area contributed by atoms with Crippen LogP contribution in [0.2, 0.25) is 0 Å². The molecule has 2 amide bonds. The third-order valence-corrected chi connectivity index (χ3v) is 6.82. The Morgan fingerprint density at radius 2 is 1.91 bits per heavy atom. The lowest BCUT2D eigenvalue weighted by Gasteiger charge is -2.46. The summed E-state index contributed by atoms with van der Waals surface area (Å²) in [6.45, 7) is 2.14. The Balaban J connectivity index is 1.84. The molecule has 1 unspecified atom stereocenters. The van der Waals surface area contributed by atoms with Gasteiger partial charge in [-0.05, 0) is 25.3 Å². The number of hydrogen-bond donors (Lipinski definition) is 7. The molecule has 3 atom stereocenters. The van der Waals surface area contributed by atoms with E-state index in [2.05, 4.69) is 10.6 Å². The number of ketones is 2. The first kappa shape index (κ1) is 24.4. The molecule has 0 radical (unpaired) electrons. The summed E-state index contributed by atoms with van der Waals surface area (Å²) < 4.78 is 15.0. The minimum atomic E-state index is -2.71. The fraction of sp³-hybridized carbons (Fsp3) is 0.391. The molecule has 11 nitrogen and oxygen atoms in total. The summed E-state index contributed by atoms with van der Waals surface area (Å²) in [5, 5.41) is 48.5. The second-order valence-corrected chi connectivity index (χ2v) is 8.84. The van der Waals surface area contributed by atoms with Crippen molar-refractivity contribution in [2.24, 2.45) is 17.6 Å². The zero-order valence-corrected chi connectivity index (χ0v) is 18.6. The van der Waals surface area contributed by atoms with Gasteiger partial charge in [-0.25, -0.2) is 4.39 Å². The SMILES string of the molecule is CCNCC(=O)Nc1cc(F)c2c(c1O)C(O)=C1C(=O)[C@]3(O)C(O)=C(C(N)=O)C(=O)C[C@@H]3CC1C2. The van der Waals surface area contributed by atoms with Crippen LogP contribution in [0.25, 0.3) is 5.76 Å². The number of fused-ring (bicyclic) bond motifs is 3. The van der Waals surface area contributed by atoms with Crippen LogP contribution in [0.15, 0.2) is 23.0 Å². The molecule has 186 valence electrons. The number of amides is 2. The molecule has 1 saturated carbocycles. The number of hydrogen-bond acceptors (Lipinski definition) is 9. The van der Waals surface area contributed by atoms with Crippen LogP contribution in [0, 0.1) is 17.7 Å². The highest BCUT2D eigenvalue weighted by Crippen LogP contribution is 2.52. The lowest BCUT2D eigenvalue weighted by atomic mass is 9.59. The summed E-state index contributed by atoms with van der Waals surface area (Å²) in [4.78, 5) is 49.5. The number of aromatic hydroxyl groups is 1. The first-order valence-corrected chi connectivity index (χ1v) is 11.0. The van der Waals surface area contributed by atoms with Gasteiger partial charge in [-0.15, -0.1) is 0 Å². The lowest BCUT2D eigenvalue weighted by molar-refractivity contribution is -0.147. The topological polar surface area (TPSA) is 199 Å². The van der Waals surface area contributed by atoms with Crippen LogP contribution in [0.4, 0.5) is 10.1 Å². The smallest absolute Gasteiger partial charge is 0.255 e. The third kappa shape index (κ3) is 3.56. The average Bonchev–Trinajstić information content (AvgIpc) is 2.77. The van der Waals surface area contributed by atoms with E-state index in [1.54, 1.807) is 6.92 Å². The largest absolute Gasteiger partial charge is 0.508 e. The Hall–Kier alpha value is -3.77. The summed E-state index contributed by atoms with van der Waals surface area (Å²) in [6, 6.07) is 0.898. The number of benzene rings is 1. The van der Waals surface area contributed by atoms with Crippen LogP contribution in [0.1, 0.15) is 30.9 Å². The van der Waals surface area contributed by atoms with Crippen molar-refractivity contribution in [2.45, 2.75) is 31.8 Å². The first-order chi connectivity index (χ1) is 16.4. The number of phenols is 1. The van der Waals surface area contributed by atoms with Crippen LogP contribution in [0.5, 0.6) is 5.75 Å². The summed E-state index contributed by atoms with van der Waals surface area (Å²) in [5.74, 6) is -9.50. The van der Waals surface area contributed by atoms with Crippen molar-refractivity contribution in [1.82, 2.24) is 5.32 Å². The second kappa shape index (κ2) is 8.47. The first-order valence-electron chi connectivity index (χ1n) is 11.0. The number of anilines is 1. The molecule has 1 aromatic rings. The summed E-state index contributed by atoms with van der Waals surface area (Å²) in [7, 11) is 0. The van der Waals surface area contributed by atoms with E-state index in [0.29, 0.717) is 6.54 Å². The maximum absolute atomic E-state index is 15.0. The highest BCUT2D eigenvalue weighted by atomic mass is 19.1. The van der Waals surface area contributed by atoms with E-state index < -0.39 is 87.0 Å². The minimum Gasteiger partial charge on any atom is -0.508 e. The quantitative estimate of drug-likeness (QED) is 0.221. The Morgan fingerprint density at radius 1 is 1.23 bits per heavy atom. The molecular formula is C23H24FN3O8. The number of primary amides is 1. The lowest BCUT2D eigenvalue weighted by Crippen LogP contribution is -2.58. The minimum absolute atomic E-state index is 0.107. The number of aliphatic hydroxyl groups is 3. The number of aliphatic hydroxyl groups excluding tert-OH is 2. The molecule has 0 spiro atoms. The van der Waals surface area contributed by atoms with Gasteiger partial charge in [0.25, 0.3) is 5.91 Å². The molecule has 3 aliphatic rings. The molecule has 4 rings (SSSR count). The zero-order chi connectivity index (χ0) is 25.8. The maximum atomic E-state index is 15.0. The molecule has 35 heavy (non-hydrogen) atoms. The molecule has 12 heteroatoms.